The second kappa shape index (κ2) is 7.77. The molecule has 5 nitrogen and oxygen atoms in total. The molecule has 2 unspecified atom stereocenters. The summed E-state index contributed by atoms with van der Waals surface area (Å²) in [5.41, 5.74) is 1.54. The Labute approximate surface area is 146 Å². The maximum absolute atomic E-state index is 12.5. The van der Waals surface area contributed by atoms with E-state index in [0.29, 0.717) is 23.8 Å². The summed E-state index contributed by atoms with van der Waals surface area (Å²) in [4.78, 5) is 16.9. The number of carbonyl (C=O) groups is 1. The van der Waals surface area contributed by atoms with Crippen LogP contribution in [-0.4, -0.2) is 30.0 Å². The monoisotopic (exact) mass is 345 g/mol. The summed E-state index contributed by atoms with van der Waals surface area (Å²) in [7, 11) is 0. The average Bonchev–Trinajstić information content (AvgIpc) is 3.01. The third-order valence-electron chi connectivity index (χ3n) is 4.25. The maximum atomic E-state index is 12.5. The number of amides is 1. The number of hydrogen-bond donors (Lipinski definition) is 2. The fraction of sp³-hybridized carbons (Fsp3) is 0.444. The number of nitrogens with zero attached hydrogens (tertiary/aromatic N) is 1. The summed E-state index contributed by atoms with van der Waals surface area (Å²) in [6.45, 7) is 6.45. The average molecular weight is 345 g/mol. The Bertz CT molecular complexity index is 701. The van der Waals surface area contributed by atoms with Crippen LogP contribution in [0.5, 0.6) is 5.75 Å². The maximum Gasteiger partial charge on any atom is 0.251 e. The van der Waals surface area contributed by atoms with Gasteiger partial charge in [0.15, 0.2) is 0 Å². The third kappa shape index (κ3) is 4.33. The van der Waals surface area contributed by atoms with E-state index in [0.717, 1.165) is 30.2 Å². The number of carbonyl (C=O) groups excluding carboxylic acids is 1. The summed E-state index contributed by atoms with van der Waals surface area (Å²) in [5.74, 6) is 1.09. The predicted molar refractivity (Wildman–Crippen MR) is 95.5 cm³/mol. The summed E-state index contributed by atoms with van der Waals surface area (Å²) in [5, 5.41) is 9.50. The second-order valence-corrected chi connectivity index (χ2v) is 7.29. The Kier molecular flexibility index (Phi) is 5.48. The van der Waals surface area contributed by atoms with Gasteiger partial charge >= 0.3 is 0 Å². The fourth-order valence-electron chi connectivity index (χ4n) is 2.84. The van der Waals surface area contributed by atoms with Crippen molar-refractivity contribution in [3.63, 3.8) is 0 Å². The molecule has 1 amide bonds. The lowest BCUT2D eigenvalue weighted by atomic mass is 9.95. The van der Waals surface area contributed by atoms with E-state index in [1.807, 2.05) is 30.5 Å². The van der Waals surface area contributed by atoms with E-state index in [9.17, 15) is 4.79 Å². The first-order chi connectivity index (χ1) is 11.6. The molecule has 128 valence electrons. The van der Waals surface area contributed by atoms with Gasteiger partial charge in [-0.1, -0.05) is 13.0 Å². The van der Waals surface area contributed by atoms with Crippen LogP contribution in [0.25, 0.3) is 0 Å². The highest BCUT2D eigenvalue weighted by atomic mass is 32.1. The largest absolute Gasteiger partial charge is 0.487 e. The summed E-state index contributed by atoms with van der Waals surface area (Å²) >= 11 is 1.61. The number of aromatic nitrogens is 1. The molecule has 3 rings (SSSR count). The smallest absolute Gasteiger partial charge is 0.251 e. The molecule has 0 bridgehead atoms. The Morgan fingerprint density at radius 2 is 2.38 bits per heavy atom. The number of rotatable bonds is 5. The molecule has 24 heavy (non-hydrogen) atoms. The molecule has 1 aliphatic heterocycles. The molecule has 1 saturated heterocycles. The summed E-state index contributed by atoms with van der Waals surface area (Å²) < 4.78 is 5.76. The molecule has 0 saturated carbocycles. The van der Waals surface area contributed by atoms with Crippen LogP contribution < -0.4 is 15.4 Å². The first-order valence-electron chi connectivity index (χ1n) is 8.27. The lowest BCUT2D eigenvalue weighted by Crippen LogP contribution is -2.48. The highest BCUT2D eigenvalue weighted by Crippen LogP contribution is 2.17. The summed E-state index contributed by atoms with van der Waals surface area (Å²) in [6, 6.07) is 7.55. The standard InChI is InChI=1S/C18H23N3O2S/c1-12-9-19-7-6-17(12)21-18(22)14-4-3-5-16(8-14)23-10-15-11-24-13(2)20-15/h3-5,8,11-12,17,19H,6-7,9-10H2,1-2H3,(H,21,22). The number of piperidine rings is 1. The number of aryl methyl sites for hydroxylation is 1. The van der Waals surface area contributed by atoms with Gasteiger partial charge in [-0.25, -0.2) is 4.98 Å². The van der Waals surface area contributed by atoms with Crippen LogP contribution in [0, 0.1) is 12.8 Å². The highest BCUT2D eigenvalue weighted by molar-refractivity contribution is 7.09. The van der Waals surface area contributed by atoms with Crippen molar-refractivity contribution in [1.29, 1.82) is 0 Å². The highest BCUT2D eigenvalue weighted by Gasteiger charge is 2.23. The van der Waals surface area contributed by atoms with Gasteiger partial charge in [-0.3, -0.25) is 4.79 Å². The SMILES string of the molecule is Cc1nc(COc2cccc(C(=O)NC3CCNCC3C)c2)cs1. The van der Waals surface area contributed by atoms with Crippen molar-refractivity contribution in [2.75, 3.05) is 13.1 Å². The topological polar surface area (TPSA) is 63.2 Å². The Hall–Kier alpha value is -1.92. The Morgan fingerprint density at radius 1 is 1.50 bits per heavy atom. The molecule has 1 aliphatic rings. The molecule has 1 aromatic heterocycles. The Balaban J connectivity index is 1.60. The van der Waals surface area contributed by atoms with Crippen LogP contribution in [0.3, 0.4) is 0 Å². The molecule has 0 aliphatic carbocycles. The van der Waals surface area contributed by atoms with Crippen molar-refractivity contribution in [3.05, 3.63) is 45.9 Å². The zero-order chi connectivity index (χ0) is 16.9. The van der Waals surface area contributed by atoms with Crippen molar-refractivity contribution in [2.45, 2.75) is 32.9 Å². The van der Waals surface area contributed by atoms with E-state index < -0.39 is 0 Å². The van der Waals surface area contributed by atoms with E-state index >= 15 is 0 Å². The minimum Gasteiger partial charge on any atom is -0.487 e. The van der Waals surface area contributed by atoms with Crippen molar-refractivity contribution < 1.29 is 9.53 Å². The normalized spacial score (nSPS) is 20.6. The predicted octanol–water partition coefficient (Wildman–Crippen LogP) is 2.76. The van der Waals surface area contributed by atoms with Crippen molar-refractivity contribution in [3.8, 4) is 5.75 Å². The first kappa shape index (κ1) is 16.9. The van der Waals surface area contributed by atoms with Gasteiger partial charge in [0.25, 0.3) is 5.91 Å². The lowest BCUT2D eigenvalue weighted by molar-refractivity contribution is 0.0913. The van der Waals surface area contributed by atoms with Gasteiger partial charge in [-0.2, -0.15) is 0 Å². The molecule has 0 spiro atoms. The van der Waals surface area contributed by atoms with Crippen LogP contribution in [0.2, 0.25) is 0 Å². The van der Waals surface area contributed by atoms with Gasteiger partial charge in [0, 0.05) is 17.0 Å². The van der Waals surface area contributed by atoms with E-state index in [1.54, 1.807) is 17.4 Å². The van der Waals surface area contributed by atoms with E-state index in [4.69, 9.17) is 4.74 Å². The molecule has 2 atom stereocenters. The van der Waals surface area contributed by atoms with E-state index in [2.05, 4.69) is 22.5 Å². The zero-order valence-electron chi connectivity index (χ0n) is 14.0. The molecule has 1 aromatic carbocycles. The van der Waals surface area contributed by atoms with Crippen molar-refractivity contribution in [1.82, 2.24) is 15.6 Å². The number of nitrogens with one attached hydrogen (secondary N) is 2. The van der Waals surface area contributed by atoms with Crippen LogP contribution in [0.4, 0.5) is 0 Å². The van der Waals surface area contributed by atoms with Gasteiger partial charge in [0.1, 0.15) is 12.4 Å². The van der Waals surface area contributed by atoms with Crippen molar-refractivity contribution in [2.24, 2.45) is 5.92 Å². The molecule has 1 fully saturated rings. The molecular weight excluding hydrogens is 322 g/mol. The third-order valence-corrected chi connectivity index (χ3v) is 5.07. The minimum atomic E-state index is -0.0382. The van der Waals surface area contributed by atoms with Crippen LogP contribution in [-0.2, 0) is 6.61 Å². The molecule has 0 radical (unpaired) electrons. The van der Waals surface area contributed by atoms with Gasteiger partial charge in [0.05, 0.1) is 10.7 Å². The van der Waals surface area contributed by atoms with Gasteiger partial charge in [-0.15, -0.1) is 11.3 Å². The van der Waals surface area contributed by atoms with E-state index in [-0.39, 0.29) is 11.9 Å². The number of benzene rings is 1. The Morgan fingerprint density at radius 3 is 3.12 bits per heavy atom. The minimum absolute atomic E-state index is 0.0382. The molecule has 2 N–H and O–H groups in total. The zero-order valence-corrected chi connectivity index (χ0v) is 14.9. The van der Waals surface area contributed by atoms with Crippen LogP contribution in [0.15, 0.2) is 29.6 Å². The van der Waals surface area contributed by atoms with Gasteiger partial charge in [0.2, 0.25) is 0 Å². The van der Waals surface area contributed by atoms with Crippen molar-refractivity contribution >= 4 is 17.2 Å². The summed E-state index contributed by atoms with van der Waals surface area (Å²) in [6.07, 6.45) is 0.965. The molecular formula is C18H23N3O2S. The number of thiazole rings is 1. The molecule has 2 heterocycles. The van der Waals surface area contributed by atoms with Gasteiger partial charge < -0.3 is 15.4 Å². The van der Waals surface area contributed by atoms with E-state index in [1.165, 1.54) is 0 Å². The number of hydrogen-bond acceptors (Lipinski definition) is 5. The van der Waals surface area contributed by atoms with Crippen LogP contribution in [0.1, 0.15) is 34.4 Å². The lowest BCUT2D eigenvalue weighted by Gasteiger charge is -2.30. The molecule has 6 heteroatoms. The fourth-order valence-corrected chi connectivity index (χ4v) is 3.44. The number of ether oxygens (including phenoxy) is 1. The quantitative estimate of drug-likeness (QED) is 0.875. The van der Waals surface area contributed by atoms with Gasteiger partial charge in [-0.05, 0) is 50.6 Å². The molecule has 2 aromatic rings. The first-order valence-corrected chi connectivity index (χ1v) is 9.15. The van der Waals surface area contributed by atoms with Crippen LogP contribution >= 0.6 is 11.3 Å². The second-order valence-electron chi connectivity index (χ2n) is 6.22.